The number of carbonyl (C=O) groups excluding carboxylic acids is 1. The lowest BCUT2D eigenvalue weighted by molar-refractivity contribution is 0.0981. The summed E-state index contributed by atoms with van der Waals surface area (Å²) in [5.41, 5.74) is 2.09. The number of ether oxygens (including phenoxy) is 1. The summed E-state index contributed by atoms with van der Waals surface area (Å²) in [5.74, 6) is -0.451. The van der Waals surface area contributed by atoms with Crippen LogP contribution in [0.2, 0.25) is 0 Å². The predicted octanol–water partition coefficient (Wildman–Crippen LogP) is 3.43. The van der Waals surface area contributed by atoms with Crippen LogP contribution >= 0.6 is 0 Å². The number of amides is 1. The third kappa shape index (κ3) is 2.49. The highest BCUT2D eigenvalue weighted by Crippen LogP contribution is 2.29. The minimum absolute atomic E-state index is 0.0764. The van der Waals surface area contributed by atoms with Crippen LogP contribution in [-0.2, 0) is 6.42 Å². The average Bonchev–Trinajstić information content (AvgIpc) is 2.53. The standard InChI is InChI=1S/C17H16FNO2/c1-21-13-8-9-14(15(18)11-13)17(20)19-10-4-6-12-5-2-3-7-16(12)19/h2-3,5,7-9,11H,4,6,10H2,1H3. The normalized spacial score (nSPS) is 13.7. The van der Waals surface area contributed by atoms with Gasteiger partial charge < -0.3 is 9.64 Å². The molecule has 108 valence electrons. The van der Waals surface area contributed by atoms with Crippen molar-refractivity contribution in [2.75, 3.05) is 18.6 Å². The van der Waals surface area contributed by atoms with Crippen molar-refractivity contribution in [3.63, 3.8) is 0 Å². The lowest BCUT2D eigenvalue weighted by Crippen LogP contribution is -2.35. The molecule has 21 heavy (non-hydrogen) atoms. The van der Waals surface area contributed by atoms with E-state index in [0.29, 0.717) is 12.3 Å². The number of methoxy groups -OCH3 is 1. The smallest absolute Gasteiger partial charge is 0.261 e. The van der Waals surface area contributed by atoms with Crippen LogP contribution in [0.15, 0.2) is 42.5 Å². The second-order valence-electron chi connectivity index (χ2n) is 5.03. The van der Waals surface area contributed by atoms with E-state index >= 15 is 0 Å². The van der Waals surface area contributed by atoms with Crippen molar-refractivity contribution in [2.45, 2.75) is 12.8 Å². The molecule has 3 rings (SSSR count). The molecule has 0 unspecified atom stereocenters. The van der Waals surface area contributed by atoms with Crippen molar-refractivity contribution >= 4 is 11.6 Å². The minimum atomic E-state index is -0.553. The predicted molar refractivity (Wildman–Crippen MR) is 79.4 cm³/mol. The molecule has 1 heterocycles. The quantitative estimate of drug-likeness (QED) is 0.846. The molecule has 0 aromatic heterocycles. The molecule has 0 radical (unpaired) electrons. The van der Waals surface area contributed by atoms with Crippen LogP contribution < -0.4 is 9.64 Å². The SMILES string of the molecule is COc1ccc(C(=O)N2CCCc3ccccc32)c(F)c1. The van der Waals surface area contributed by atoms with Gasteiger partial charge in [0, 0.05) is 18.3 Å². The maximum atomic E-state index is 14.1. The molecular weight excluding hydrogens is 269 g/mol. The summed E-state index contributed by atoms with van der Waals surface area (Å²) in [6, 6.07) is 12.1. The number of nitrogens with zero attached hydrogens (tertiary/aromatic N) is 1. The van der Waals surface area contributed by atoms with Gasteiger partial charge in [-0.15, -0.1) is 0 Å². The molecule has 0 fully saturated rings. The van der Waals surface area contributed by atoms with E-state index < -0.39 is 5.82 Å². The van der Waals surface area contributed by atoms with E-state index in [1.807, 2.05) is 24.3 Å². The Morgan fingerprint density at radius 1 is 1.24 bits per heavy atom. The van der Waals surface area contributed by atoms with E-state index in [0.717, 1.165) is 24.1 Å². The lowest BCUT2D eigenvalue weighted by Gasteiger charge is -2.29. The molecule has 2 aromatic carbocycles. The summed E-state index contributed by atoms with van der Waals surface area (Å²) in [5, 5.41) is 0. The first-order valence-corrected chi connectivity index (χ1v) is 6.94. The zero-order chi connectivity index (χ0) is 14.8. The molecule has 0 atom stereocenters. The monoisotopic (exact) mass is 285 g/mol. The lowest BCUT2D eigenvalue weighted by atomic mass is 10.0. The number of rotatable bonds is 2. The topological polar surface area (TPSA) is 29.5 Å². The number of aryl methyl sites for hydroxylation is 1. The summed E-state index contributed by atoms with van der Waals surface area (Å²) in [7, 11) is 1.47. The van der Waals surface area contributed by atoms with Crippen molar-refractivity contribution in [3.05, 3.63) is 59.4 Å². The van der Waals surface area contributed by atoms with Gasteiger partial charge >= 0.3 is 0 Å². The Kier molecular flexibility index (Phi) is 3.60. The van der Waals surface area contributed by atoms with E-state index in [9.17, 15) is 9.18 Å². The molecule has 4 heteroatoms. The summed E-state index contributed by atoms with van der Waals surface area (Å²) >= 11 is 0. The van der Waals surface area contributed by atoms with Gasteiger partial charge in [0.05, 0.1) is 12.7 Å². The zero-order valence-corrected chi connectivity index (χ0v) is 11.8. The third-order valence-electron chi connectivity index (χ3n) is 3.76. The van der Waals surface area contributed by atoms with Crippen LogP contribution in [0.3, 0.4) is 0 Å². The third-order valence-corrected chi connectivity index (χ3v) is 3.76. The molecule has 1 amide bonds. The van der Waals surface area contributed by atoms with E-state index in [4.69, 9.17) is 4.74 Å². The number of benzene rings is 2. The van der Waals surface area contributed by atoms with E-state index in [1.54, 1.807) is 11.0 Å². The second kappa shape index (κ2) is 5.56. The minimum Gasteiger partial charge on any atom is -0.497 e. The largest absolute Gasteiger partial charge is 0.497 e. The first-order valence-electron chi connectivity index (χ1n) is 6.94. The van der Waals surface area contributed by atoms with Crippen LogP contribution in [0.5, 0.6) is 5.75 Å². The Hall–Kier alpha value is -2.36. The summed E-state index contributed by atoms with van der Waals surface area (Å²) in [6.45, 7) is 0.612. The van der Waals surface area contributed by atoms with Gasteiger partial charge in [0.15, 0.2) is 0 Å². The number of fused-ring (bicyclic) bond motifs is 1. The van der Waals surface area contributed by atoms with Crippen LogP contribution in [-0.4, -0.2) is 19.6 Å². The van der Waals surface area contributed by atoms with Gasteiger partial charge in [-0.3, -0.25) is 4.79 Å². The van der Waals surface area contributed by atoms with E-state index in [1.165, 1.54) is 19.2 Å². The highest BCUT2D eigenvalue weighted by atomic mass is 19.1. The summed E-state index contributed by atoms with van der Waals surface area (Å²) < 4.78 is 19.1. The van der Waals surface area contributed by atoms with Gasteiger partial charge in [-0.1, -0.05) is 18.2 Å². The van der Waals surface area contributed by atoms with Crippen molar-refractivity contribution in [1.29, 1.82) is 0 Å². The first kappa shape index (κ1) is 13.6. The molecular formula is C17H16FNO2. The van der Waals surface area contributed by atoms with Crippen LogP contribution in [0.25, 0.3) is 0 Å². The van der Waals surface area contributed by atoms with Gasteiger partial charge in [0.2, 0.25) is 0 Å². The Labute approximate surface area is 123 Å². The van der Waals surface area contributed by atoms with Gasteiger partial charge in [-0.05, 0) is 36.6 Å². The first-order chi connectivity index (χ1) is 10.2. The Morgan fingerprint density at radius 3 is 2.81 bits per heavy atom. The molecule has 3 nitrogen and oxygen atoms in total. The van der Waals surface area contributed by atoms with Crippen molar-refractivity contribution < 1.29 is 13.9 Å². The molecule has 0 saturated heterocycles. The van der Waals surface area contributed by atoms with Crippen LogP contribution in [0.4, 0.5) is 10.1 Å². The summed E-state index contributed by atoms with van der Waals surface area (Å²) in [4.78, 5) is 14.3. The van der Waals surface area contributed by atoms with Crippen LogP contribution in [0.1, 0.15) is 22.3 Å². The van der Waals surface area contributed by atoms with Gasteiger partial charge in [-0.25, -0.2) is 4.39 Å². The number of anilines is 1. The number of carbonyl (C=O) groups is 1. The molecule has 1 aliphatic rings. The highest BCUT2D eigenvalue weighted by Gasteiger charge is 2.25. The maximum absolute atomic E-state index is 14.1. The van der Waals surface area contributed by atoms with Crippen molar-refractivity contribution in [1.82, 2.24) is 0 Å². The number of halogens is 1. The molecule has 0 bridgehead atoms. The van der Waals surface area contributed by atoms with Crippen molar-refractivity contribution in [3.8, 4) is 5.75 Å². The number of hydrogen-bond donors (Lipinski definition) is 0. The van der Waals surface area contributed by atoms with Gasteiger partial charge in [-0.2, -0.15) is 0 Å². The average molecular weight is 285 g/mol. The fraction of sp³-hybridized carbons (Fsp3) is 0.235. The van der Waals surface area contributed by atoms with Crippen LogP contribution in [0, 0.1) is 5.82 Å². The molecule has 0 spiro atoms. The van der Waals surface area contributed by atoms with Gasteiger partial charge in [0.1, 0.15) is 11.6 Å². The zero-order valence-electron chi connectivity index (χ0n) is 11.8. The molecule has 1 aliphatic heterocycles. The fourth-order valence-electron chi connectivity index (χ4n) is 2.69. The molecule has 0 N–H and O–H groups in total. The number of hydrogen-bond acceptors (Lipinski definition) is 2. The Morgan fingerprint density at radius 2 is 2.05 bits per heavy atom. The Bertz CT molecular complexity index is 684. The van der Waals surface area contributed by atoms with Gasteiger partial charge in [0.25, 0.3) is 5.91 Å². The second-order valence-corrected chi connectivity index (χ2v) is 5.03. The Balaban J connectivity index is 1.97. The maximum Gasteiger partial charge on any atom is 0.261 e. The van der Waals surface area contributed by atoms with Crippen molar-refractivity contribution in [2.24, 2.45) is 0 Å². The highest BCUT2D eigenvalue weighted by molar-refractivity contribution is 6.07. The fourth-order valence-corrected chi connectivity index (χ4v) is 2.69. The molecule has 0 saturated carbocycles. The van der Waals surface area contributed by atoms with E-state index in [2.05, 4.69) is 0 Å². The number of para-hydroxylation sites is 1. The summed E-state index contributed by atoms with van der Waals surface area (Å²) in [6.07, 6.45) is 1.84. The molecule has 2 aromatic rings. The van der Waals surface area contributed by atoms with E-state index in [-0.39, 0.29) is 11.5 Å². The molecule has 0 aliphatic carbocycles.